The number of amides is 2. The Balaban J connectivity index is 1.87. The number of carbonyl (C=O) groups excluding carboxylic acids is 2. The molecule has 2 aromatic rings. The number of hydrogen-bond donors (Lipinski definition) is 1. The average molecular weight is 316 g/mol. The first-order chi connectivity index (χ1) is 10.7. The van der Waals surface area contributed by atoms with Crippen LogP contribution in [0.4, 0.5) is 0 Å². The third kappa shape index (κ3) is 2.85. The molecule has 2 amide bonds. The second-order valence-corrected chi connectivity index (χ2v) is 6.21. The van der Waals surface area contributed by atoms with Crippen LogP contribution in [0.2, 0.25) is 0 Å². The van der Waals surface area contributed by atoms with Gasteiger partial charge >= 0.3 is 0 Å². The molecule has 1 fully saturated rings. The van der Waals surface area contributed by atoms with E-state index < -0.39 is 5.91 Å². The minimum Gasteiger partial charge on any atom is -0.365 e. The molecule has 3 rings (SSSR count). The molecular formula is C15H16N4O2S. The summed E-state index contributed by atoms with van der Waals surface area (Å²) in [6.07, 6.45) is 5.93. The fourth-order valence-corrected chi connectivity index (χ4v) is 3.54. The van der Waals surface area contributed by atoms with Crippen molar-refractivity contribution in [3.05, 3.63) is 46.2 Å². The molecule has 0 bridgehead atoms. The summed E-state index contributed by atoms with van der Waals surface area (Å²) in [6, 6.07) is 5.18. The quantitative estimate of drug-likeness (QED) is 0.938. The van der Waals surface area contributed by atoms with Gasteiger partial charge in [0.15, 0.2) is 0 Å². The summed E-state index contributed by atoms with van der Waals surface area (Å²) in [5.41, 5.74) is 5.71. The zero-order valence-electron chi connectivity index (χ0n) is 11.9. The van der Waals surface area contributed by atoms with Crippen molar-refractivity contribution < 1.29 is 9.59 Å². The second-order valence-electron chi connectivity index (χ2n) is 5.15. The average Bonchev–Trinajstić information content (AvgIpc) is 3.05. The van der Waals surface area contributed by atoms with Gasteiger partial charge in [-0.05, 0) is 31.4 Å². The Morgan fingerprint density at radius 2 is 2.14 bits per heavy atom. The van der Waals surface area contributed by atoms with E-state index in [0.717, 1.165) is 24.3 Å². The highest BCUT2D eigenvalue weighted by Crippen LogP contribution is 2.34. The molecule has 114 valence electrons. The molecule has 0 aliphatic carbocycles. The summed E-state index contributed by atoms with van der Waals surface area (Å²) >= 11 is 1.26. The molecule has 1 saturated heterocycles. The van der Waals surface area contributed by atoms with Crippen LogP contribution in [-0.4, -0.2) is 33.2 Å². The van der Waals surface area contributed by atoms with Crippen molar-refractivity contribution in [1.29, 1.82) is 0 Å². The van der Waals surface area contributed by atoms with E-state index in [0.29, 0.717) is 17.1 Å². The number of hydrogen-bond acceptors (Lipinski definition) is 5. The normalized spacial score (nSPS) is 18.2. The molecule has 0 spiro atoms. The fourth-order valence-electron chi connectivity index (χ4n) is 2.62. The van der Waals surface area contributed by atoms with Gasteiger partial charge in [0.25, 0.3) is 11.8 Å². The molecule has 0 aromatic carbocycles. The van der Waals surface area contributed by atoms with Gasteiger partial charge < -0.3 is 10.6 Å². The number of likely N-dealkylation sites (tertiary alicyclic amines) is 1. The minimum absolute atomic E-state index is 0.0962. The van der Waals surface area contributed by atoms with E-state index in [4.69, 9.17) is 5.73 Å². The maximum atomic E-state index is 12.7. The van der Waals surface area contributed by atoms with E-state index in [9.17, 15) is 9.59 Å². The summed E-state index contributed by atoms with van der Waals surface area (Å²) in [5, 5.41) is 0.762. The summed E-state index contributed by atoms with van der Waals surface area (Å²) in [5.74, 6) is -0.580. The lowest BCUT2D eigenvalue weighted by molar-refractivity contribution is 0.0605. The van der Waals surface area contributed by atoms with Crippen molar-refractivity contribution in [3.63, 3.8) is 0 Å². The molecule has 0 saturated carbocycles. The third-order valence-electron chi connectivity index (χ3n) is 3.70. The Labute approximate surface area is 132 Å². The first-order valence-corrected chi connectivity index (χ1v) is 7.96. The number of primary amides is 1. The molecular weight excluding hydrogens is 300 g/mol. The third-order valence-corrected chi connectivity index (χ3v) is 4.81. The summed E-state index contributed by atoms with van der Waals surface area (Å²) in [6.45, 7) is 0.672. The number of carbonyl (C=O) groups is 2. The Morgan fingerprint density at radius 3 is 2.82 bits per heavy atom. The van der Waals surface area contributed by atoms with Crippen LogP contribution in [-0.2, 0) is 0 Å². The van der Waals surface area contributed by atoms with Crippen LogP contribution in [0.3, 0.4) is 0 Å². The zero-order chi connectivity index (χ0) is 15.5. The van der Waals surface area contributed by atoms with Crippen LogP contribution >= 0.6 is 11.3 Å². The molecule has 2 N–H and O–H groups in total. The monoisotopic (exact) mass is 316 g/mol. The highest BCUT2D eigenvalue weighted by Gasteiger charge is 2.31. The molecule has 2 aromatic heterocycles. The molecule has 6 nitrogen and oxygen atoms in total. The molecule has 0 radical (unpaired) electrons. The minimum atomic E-state index is -0.484. The lowest BCUT2D eigenvalue weighted by Crippen LogP contribution is -2.38. The highest BCUT2D eigenvalue weighted by atomic mass is 32.1. The van der Waals surface area contributed by atoms with Gasteiger partial charge in [-0.15, -0.1) is 11.3 Å². The van der Waals surface area contributed by atoms with E-state index in [1.807, 2.05) is 0 Å². The van der Waals surface area contributed by atoms with Gasteiger partial charge in [-0.1, -0.05) is 6.07 Å². The number of aromatic nitrogens is 2. The maximum Gasteiger partial charge on any atom is 0.273 e. The predicted octanol–water partition coefficient (Wildman–Crippen LogP) is 2.00. The molecule has 1 atom stereocenters. The number of nitrogens with zero attached hydrogens (tertiary/aromatic N) is 3. The molecule has 0 unspecified atom stereocenters. The van der Waals surface area contributed by atoms with Crippen molar-refractivity contribution >= 4 is 23.2 Å². The van der Waals surface area contributed by atoms with Crippen LogP contribution in [0.25, 0.3) is 0 Å². The van der Waals surface area contributed by atoms with Crippen molar-refractivity contribution in [2.24, 2.45) is 5.73 Å². The van der Waals surface area contributed by atoms with E-state index in [1.54, 1.807) is 29.3 Å². The second kappa shape index (κ2) is 6.23. The van der Waals surface area contributed by atoms with Crippen molar-refractivity contribution in [3.8, 4) is 0 Å². The predicted molar refractivity (Wildman–Crippen MR) is 82.5 cm³/mol. The van der Waals surface area contributed by atoms with Gasteiger partial charge in [0.1, 0.15) is 15.6 Å². The fraction of sp³-hybridized carbons (Fsp3) is 0.333. The van der Waals surface area contributed by atoms with Crippen molar-refractivity contribution in [2.45, 2.75) is 25.3 Å². The molecule has 1 aliphatic heterocycles. The topological polar surface area (TPSA) is 89.2 Å². The number of piperidine rings is 1. The summed E-state index contributed by atoms with van der Waals surface area (Å²) < 4.78 is 0. The highest BCUT2D eigenvalue weighted by molar-refractivity contribution is 7.13. The number of rotatable bonds is 3. The van der Waals surface area contributed by atoms with E-state index in [1.165, 1.54) is 17.5 Å². The van der Waals surface area contributed by atoms with Crippen LogP contribution in [0.1, 0.15) is 50.5 Å². The number of pyridine rings is 1. The Hall–Kier alpha value is -2.28. The molecule has 22 heavy (non-hydrogen) atoms. The van der Waals surface area contributed by atoms with Gasteiger partial charge in [0.05, 0.1) is 12.2 Å². The first-order valence-electron chi connectivity index (χ1n) is 7.14. The largest absolute Gasteiger partial charge is 0.365 e. The summed E-state index contributed by atoms with van der Waals surface area (Å²) in [7, 11) is 0. The lowest BCUT2D eigenvalue weighted by atomic mass is 10.0. The standard InChI is InChI=1S/C15H16N4O2S/c16-13(20)12-9-18-14(22-12)11-6-2-4-8-19(11)15(21)10-5-1-3-7-17-10/h1,3,5,7,9,11H,2,4,6,8H2,(H2,16,20)/t11-/m0/s1. The van der Waals surface area contributed by atoms with E-state index >= 15 is 0 Å². The molecule has 7 heteroatoms. The van der Waals surface area contributed by atoms with Gasteiger partial charge in [-0.3, -0.25) is 14.6 Å². The molecule has 3 heterocycles. The van der Waals surface area contributed by atoms with Crippen LogP contribution < -0.4 is 5.73 Å². The maximum absolute atomic E-state index is 12.7. The van der Waals surface area contributed by atoms with E-state index in [2.05, 4.69) is 9.97 Å². The first kappa shape index (κ1) is 14.6. The van der Waals surface area contributed by atoms with Gasteiger partial charge in [-0.2, -0.15) is 0 Å². The lowest BCUT2D eigenvalue weighted by Gasteiger charge is -2.34. The number of thiazole rings is 1. The van der Waals surface area contributed by atoms with Gasteiger partial charge in [0.2, 0.25) is 0 Å². The van der Waals surface area contributed by atoms with Crippen LogP contribution in [0.5, 0.6) is 0 Å². The smallest absolute Gasteiger partial charge is 0.273 e. The Morgan fingerprint density at radius 1 is 1.27 bits per heavy atom. The van der Waals surface area contributed by atoms with E-state index in [-0.39, 0.29) is 11.9 Å². The van der Waals surface area contributed by atoms with Crippen LogP contribution in [0.15, 0.2) is 30.6 Å². The van der Waals surface area contributed by atoms with Gasteiger partial charge in [0, 0.05) is 12.7 Å². The van der Waals surface area contributed by atoms with Crippen molar-refractivity contribution in [2.75, 3.05) is 6.54 Å². The number of nitrogens with two attached hydrogens (primary N) is 1. The zero-order valence-corrected chi connectivity index (χ0v) is 12.8. The molecule has 1 aliphatic rings. The Bertz CT molecular complexity index is 686. The Kier molecular flexibility index (Phi) is 4.15. The van der Waals surface area contributed by atoms with Gasteiger partial charge in [-0.25, -0.2) is 4.98 Å². The summed E-state index contributed by atoms with van der Waals surface area (Å²) in [4.78, 5) is 34.6. The van der Waals surface area contributed by atoms with Crippen molar-refractivity contribution in [1.82, 2.24) is 14.9 Å². The van der Waals surface area contributed by atoms with Crippen LogP contribution in [0, 0.1) is 0 Å². The SMILES string of the molecule is NC(=O)c1cnc([C@@H]2CCCCN2C(=O)c2ccccn2)s1.